The number of esters is 1. The highest BCUT2D eigenvalue weighted by atomic mass is 16.5. The third-order valence-corrected chi connectivity index (χ3v) is 6.97. The Kier molecular flexibility index (Phi) is 4.95. The quantitative estimate of drug-likeness (QED) is 0.720. The highest BCUT2D eigenvalue weighted by Gasteiger charge is 2.55. The van der Waals surface area contributed by atoms with Crippen molar-refractivity contribution in [2.75, 3.05) is 13.7 Å². The molecule has 0 saturated heterocycles. The van der Waals surface area contributed by atoms with Gasteiger partial charge >= 0.3 is 5.97 Å². The molecule has 1 unspecified atom stereocenters. The van der Waals surface area contributed by atoms with E-state index in [2.05, 4.69) is 4.98 Å². The van der Waals surface area contributed by atoms with Crippen LogP contribution >= 0.6 is 0 Å². The summed E-state index contributed by atoms with van der Waals surface area (Å²) >= 11 is 0. The standard InChI is InChI=1S/C22H30N2O3/c1-15(20(25)27-2)13-24(14-16-4-3-5-23-12-16)21(26)22-9-17-6-18(10-22)8-19(7-17)11-22/h3-5,12,15,17-19H,6-11,13-14H2,1-2H3. The van der Waals surface area contributed by atoms with Crippen LogP contribution in [-0.4, -0.2) is 35.4 Å². The number of pyridine rings is 1. The fourth-order valence-electron chi connectivity index (χ4n) is 6.25. The Labute approximate surface area is 161 Å². The maximum absolute atomic E-state index is 13.8. The van der Waals surface area contributed by atoms with E-state index < -0.39 is 0 Å². The fourth-order valence-corrected chi connectivity index (χ4v) is 6.25. The first-order valence-electron chi connectivity index (χ1n) is 10.2. The molecular formula is C22H30N2O3. The highest BCUT2D eigenvalue weighted by molar-refractivity contribution is 5.84. The largest absolute Gasteiger partial charge is 0.469 e. The molecular weight excluding hydrogens is 340 g/mol. The van der Waals surface area contributed by atoms with Gasteiger partial charge in [-0.05, 0) is 67.9 Å². The van der Waals surface area contributed by atoms with Gasteiger partial charge < -0.3 is 9.64 Å². The van der Waals surface area contributed by atoms with Crippen molar-refractivity contribution in [2.24, 2.45) is 29.1 Å². The lowest BCUT2D eigenvalue weighted by Crippen LogP contribution is -2.55. The molecule has 1 aromatic rings. The van der Waals surface area contributed by atoms with Gasteiger partial charge in [0.15, 0.2) is 0 Å². The number of hydrogen-bond donors (Lipinski definition) is 0. The molecule has 0 N–H and O–H groups in total. The maximum atomic E-state index is 13.8. The summed E-state index contributed by atoms with van der Waals surface area (Å²) in [7, 11) is 1.41. The molecule has 4 aliphatic carbocycles. The van der Waals surface area contributed by atoms with Crippen LogP contribution in [0.15, 0.2) is 24.5 Å². The second kappa shape index (κ2) is 7.25. The molecule has 5 heteroatoms. The van der Waals surface area contributed by atoms with E-state index in [1.165, 1.54) is 26.4 Å². The molecule has 1 amide bonds. The number of carbonyl (C=O) groups is 2. The molecule has 1 heterocycles. The number of rotatable bonds is 6. The lowest BCUT2D eigenvalue weighted by atomic mass is 9.49. The van der Waals surface area contributed by atoms with Crippen molar-refractivity contribution in [3.05, 3.63) is 30.1 Å². The van der Waals surface area contributed by atoms with Crippen LogP contribution < -0.4 is 0 Å². The molecule has 0 aliphatic heterocycles. The van der Waals surface area contributed by atoms with Gasteiger partial charge in [-0.15, -0.1) is 0 Å². The number of carbonyl (C=O) groups excluding carboxylic acids is 2. The number of nitrogens with zero attached hydrogens (tertiary/aromatic N) is 2. The Balaban J connectivity index is 1.57. The normalized spacial score (nSPS) is 32.1. The van der Waals surface area contributed by atoms with Gasteiger partial charge in [0.05, 0.1) is 18.4 Å². The van der Waals surface area contributed by atoms with Gasteiger partial charge in [0.1, 0.15) is 0 Å². The van der Waals surface area contributed by atoms with E-state index in [4.69, 9.17) is 4.74 Å². The van der Waals surface area contributed by atoms with Crippen LogP contribution in [0.25, 0.3) is 0 Å². The molecule has 1 atom stereocenters. The predicted octanol–water partition coefficient (Wildman–Crippen LogP) is 3.44. The van der Waals surface area contributed by atoms with Gasteiger partial charge in [-0.2, -0.15) is 0 Å². The zero-order valence-corrected chi connectivity index (χ0v) is 16.4. The van der Waals surface area contributed by atoms with Crippen molar-refractivity contribution >= 4 is 11.9 Å². The van der Waals surface area contributed by atoms with Crippen molar-refractivity contribution in [3.8, 4) is 0 Å². The van der Waals surface area contributed by atoms with Gasteiger partial charge in [-0.3, -0.25) is 14.6 Å². The number of ether oxygens (including phenoxy) is 1. The van der Waals surface area contributed by atoms with Crippen LogP contribution in [0.1, 0.15) is 51.0 Å². The zero-order chi connectivity index (χ0) is 19.0. The lowest BCUT2D eigenvalue weighted by molar-refractivity contribution is -0.160. The van der Waals surface area contributed by atoms with Crippen LogP contribution in [0.4, 0.5) is 0 Å². The minimum absolute atomic E-state index is 0.202. The molecule has 0 radical (unpaired) electrons. The average molecular weight is 370 g/mol. The van der Waals surface area contributed by atoms with Crippen LogP contribution in [0, 0.1) is 29.1 Å². The summed E-state index contributed by atoms with van der Waals surface area (Å²) in [5, 5.41) is 0. The van der Waals surface area contributed by atoms with Gasteiger partial charge in [0, 0.05) is 25.5 Å². The van der Waals surface area contributed by atoms with Crippen LogP contribution in [0.2, 0.25) is 0 Å². The highest BCUT2D eigenvalue weighted by Crippen LogP contribution is 2.60. The molecule has 4 fully saturated rings. The first-order valence-corrected chi connectivity index (χ1v) is 10.2. The van der Waals surface area contributed by atoms with Crippen LogP contribution in [-0.2, 0) is 20.9 Å². The van der Waals surface area contributed by atoms with Crippen molar-refractivity contribution in [1.82, 2.24) is 9.88 Å². The maximum Gasteiger partial charge on any atom is 0.310 e. The number of amides is 1. The first-order chi connectivity index (χ1) is 13.0. The Hall–Kier alpha value is -1.91. The Morgan fingerprint density at radius 1 is 1.22 bits per heavy atom. The molecule has 4 aliphatic rings. The molecule has 4 saturated carbocycles. The van der Waals surface area contributed by atoms with Gasteiger partial charge in [-0.25, -0.2) is 0 Å². The van der Waals surface area contributed by atoms with E-state index in [9.17, 15) is 9.59 Å². The summed E-state index contributed by atoms with van der Waals surface area (Å²) in [5.74, 6) is 1.82. The molecule has 1 aromatic heterocycles. The van der Waals surface area contributed by atoms with Gasteiger partial charge in [-0.1, -0.05) is 13.0 Å². The topological polar surface area (TPSA) is 59.5 Å². The van der Waals surface area contributed by atoms with Crippen molar-refractivity contribution in [2.45, 2.75) is 52.0 Å². The molecule has 27 heavy (non-hydrogen) atoms. The van der Waals surface area contributed by atoms with Gasteiger partial charge in [0.25, 0.3) is 0 Å². The van der Waals surface area contributed by atoms with Crippen molar-refractivity contribution in [3.63, 3.8) is 0 Å². The van der Waals surface area contributed by atoms with Crippen molar-refractivity contribution < 1.29 is 14.3 Å². The van der Waals surface area contributed by atoms with Crippen LogP contribution in [0.5, 0.6) is 0 Å². The third-order valence-electron chi connectivity index (χ3n) is 6.97. The Morgan fingerprint density at radius 2 is 1.85 bits per heavy atom. The summed E-state index contributed by atoms with van der Waals surface area (Å²) in [6.45, 7) is 2.76. The van der Waals surface area contributed by atoms with Gasteiger partial charge in [0.2, 0.25) is 5.91 Å². The second-order valence-corrected chi connectivity index (χ2v) is 9.17. The molecule has 5 rings (SSSR count). The molecule has 146 valence electrons. The summed E-state index contributed by atoms with van der Waals surface area (Å²) in [4.78, 5) is 31.9. The fraction of sp³-hybridized carbons (Fsp3) is 0.682. The van der Waals surface area contributed by atoms with E-state index in [1.54, 1.807) is 6.20 Å². The SMILES string of the molecule is COC(=O)C(C)CN(Cc1cccnc1)C(=O)C12CC3CC(CC(C3)C1)C2. The first kappa shape index (κ1) is 18.5. The molecule has 5 nitrogen and oxygen atoms in total. The number of aromatic nitrogens is 1. The lowest BCUT2D eigenvalue weighted by Gasteiger charge is -2.56. The minimum Gasteiger partial charge on any atom is -0.469 e. The summed E-state index contributed by atoms with van der Waals surface area (Å²) < 4.78 is 4.90. The smallest absolute Gasteiger partial charge is 0.310 e. The average Bonchev–Trinajstić information content (AvgIpc) is 2.66. The molecule has 4 bridgehead atoms. The van der Waals surface area contributed by atoms with E-state index in [-0.39, 0.29) is 23.2 Å². The minimum atomic E-state index is -0.329. The number of methoxy groups -OCH3 is 1. The summed E-state index contributed by atoms with van der Waals surface area (Å²) in [5.41, 5.74) is 0.805. The van der Waals surface area contributed by atoms with E-state index in [0.29, 0.717) is 13.1 Å². The Bertz CT molecular complexity index is 667. The predicted molar refractivity (Wildman–Crippen MR) is 101 cm³/mol. The monoisotopic (exact) mass is 370 g/mol. The summed E-state index contributed by atoms with van der Waals surface area (Å²) in [6, 6.07) is 3.89. The van der Waals surface area contributed by atoms with Crippen LogP contribution in [0.3, 0.4) is 0 Å². The zero-order valence-electron chi connectivity index (χ0n) is 16.4. The summed E-state index contributed by atoms with van der Waals surface area (Å²) in [6.07, 6.45) is 10.6. The molecule has 0 aromatic carbocycles. The molecule has 0 spiro atoms. The third kappa shape index (κ3) is 3.61. The van der Waals surface area contributed by atoms with E-state index in [1.807, 2.05) is 30.2 Å². The van der Waals surface area contributed by atoms with Crippen molar-refractivity contribution in [1.29, 1.82) is 0 Å². The number of hydrogen-bond acceptors (Lipinski definition) is 4. The van der Waals surface area contributed by atoms with E-state index >= 15 is 0 Å². The second-order valence-electron chi connectivity index (χ2n) is 9.17. The Morgan fingerprint density at radius 3 is 2.37 bits per heavy atom. The van der Waals surface area contributed by atoms with E-state index in [0.717, 1.165) is 42.6 Å².